The molecule has 0 aromatic carbocycles. The Hall–Kier alpha value is -2.07. The van der Waals surface area contributed by atoms with Crippen molar-refractivity contribution in [2.75, 3.05) is 6.61 Å². The Morgan fingerprint density at radius 3 is 1.88 bits per heavy atom. The minimum atomic E-state index is -2.26. The molecule has 0 radical (unpaired) electrons. The van der Waals surface area contributed by atoms with Crippen molar-refractivity contribution in [3.05, 3.63) is 0 Å². The summed E-state index contributed by atoms with van der Waals surface area (Å²) in [5.74, 6) is -3.61. The highest BCUT2D eigenvalue weighted by Gasteiger charge is 2.62. The Kier molecular flexibility index (Phi) is 6.38. The number of aliphatic hydroxyl groups excluding tert-OH is 1. The van der Waals surface area contributed by atoms with Gasteiger partial charge in [-0.15, -0.1) is 0 Å². The number of esters is 3. The summed E-state index contributed by atoms with van der Waals surface area (Å²) in [6.07, 6.45) is -7.76. The molecule has 0 amide bonds. The number of hydrogen-bond donors (Lipinski definition) is 1. The van der Waals surface area contributed by atoms with E-state index in [2.05, 4.69) is 4.74 Å². The highest BCUT2D eigenvalue weighted by Crippen LogP contribution is 2.36. The van der Waals surface area contributed by atoms with E-state index in [-0.39, 0.29) is 0 Å². The number of halogens is 1. The van der Waals surface area contributed by atoms with Crippen LogP contribution in [0.1, 0.15) is 27.7 Å². The van der Waals surface area contributed by atoms with Gasteiger partial charge in [0.1, 0.15) is 0 Å². The monoisotopic (exact) mass is 350 g/mol. The third-order valence-corrected chi connectivity index (χ3v) is 3.37. The van der Waals surface area contributed by atoms with Crippen molar-refractivity contribution >= 4 is 23.7 Å². The standard InChI is InChI=1S/C14H19FO9/c1-6(17)14(5-16)12(22-8(3)19)11(21-7(2)18)10(15)13(24-14)23-9(4)20/h10-13,16H,5H2,1-4H3/t10-,11+,12-,13-,14-/m0/s1. The number of aliphatic hydroxyl groups is 1. The van der Waals surface area contributed by atoms with Crippen molar-refractivity contribution in [1.29, 1.82) is 0 Å². The lowest BCUT2D eigenvalue weighted by molar-refractivity contribution is -0.310. The first-order chi connectivity index (χ1) is 11.0. The van der Waals surface area contributed by atoms with Gasteiger partial charge < -0.3 is 24.1 Å². The molecule has 0 saturated carbocycles. The van der Waals surface area contributed by atoms with E-state index in [1.165, 1.54) is 0 Å². The molecule has 1 fully saturated rings. The minimum Gasteiger partial charge on any atom is -0.455 e. The van der Waals surface area contributed by atoms with Crippen LogP contribution in [0.2, 0.25) is 0 Å². The van der Waals surface area contributed by atoms with Gasteiger partial charge in [-0.05, 0) is 6.92 Å². The summed E-state index contributed by atoms with van der Waals surface area (Å²) in [5.41, 5.74) is -2.26. The van der Waals surface area contributed by atoms with Gasteiger partial charge in [-0.3, -0.25) is 19.2 Å². The molecule has 0 aromatic heterocycles. The lowest BCUT2D eigenvalue weighted by Gasteiger charge is -2.47. The lowest BCUT2D eigenvalue weighted by Crippen LogP contribution is -2.70. The highest BCUT2D eigenvalue weighted by atomic mass is 19.1. The SMILES string of the molecule is CC(=O)O[C@H]1O[C@@](CO)(C(C)=O)[C@@H](OC(C)=O)[C@H](OC(C)=O)[C@@H]1F. The average Bonchev–Trinajstić information content (AvgIpc) is 2.44. The van der Waals surface area contributed by atoms with Crippen LogP contribution in [-0.2, 0) is 38.1 Å². The maximum atomic E-state index is 14.6. The first kappa shape index (κ1) is 20.0. The predicted octanol–water partition coefficient (Wildman–Crippen LogP) is -0.573. The zero-order valence-electron chi connectivity index (χ0n) is 13.6. The molecule has 9 nitrogen and oxygen atoms in total. The smallest absolute Gasteiger partial charge is 0.305 e. The number of ether oxygens (including phenoxy) is 4. The maximum absolute atomic E-state index is 14.6. The second kappa shape index (κ2) is 7.67. The largest absolute Gasteiger partial charge is 0.455 e. The molecule has 1 saturated heterocycles. The van der Waals surface area contributed by atoms with Crippen LogP contribution in [0, 0.1) is 0 Å². The van der Waals surface area contributed by atoms with Crippen LogP contribution in [0.5, 0.6) is 0 Å². The molecule has 136 valence electrons. The van der Waals surface area contributed by atoms with Crippen LogP contribution in [0.4, 0.5) is 4.39 Å². The Balaban J connectivity index is 3.39. The second-order valence-corrected chi connectivity index (χ2v) is 5.25. The van der Waals surface area contributed by atoms with E-state index in [9.17, 15) is 28.7 Å². The number of alkyl halides is 1. The van der Waals surface area contributed by atoms with E-state index in [0.29, 0.717) is 0 Å². The first-order valence-corrected chi connectivity index (χ1v) is 7.00. The van der Waals surface area contributed by atoms with Crippen LogP contribution in [0.15, 0.2) is 0 Å². The van der Waals surface area contributed by atoms with Crippen molar-refractivity contribution in [2.24, 2.45) is 0 Å². The normalized spacial score (nSPS) is 32.6. The van der Waals surface area contributed by atoms with Crippen molar-refractivity contribution in [3.63, 3.8) is 0 Å². The fourth-order valence-corrected chi connectivity index (χ4v) is 2.36. The zero-order valence-corrected chi connectivity index (χ0v) is 13.6. The molecular formula is C14H19FO9. The van der Waals surface area contributed by atoms with E-state index in [0.717, 1.165) is 27.7 Å². The van der Waals surface area contributed by atoms with Gasteiger partial charge in [0.25, 0.3) is 0 Å². The van der Waals surface area contributed by atoms with E-state index < -0.39 is 60.6 Å². The lowest BCUT2D eigenvalue weighted by atomic mass is 9.84. The number of hydrogen-bond acceptors (Lipinski definition) is 9. The van der Waals surface area contributed by atoms with Gasteiger partial charge >= 0.3 is 17.9 Å². The van der Waals surface area contributed by atoms with Gasteiger partial charge in [-0.2, -0.15) is 0 Å². The van der Waals surface area contributed by atoms with Crippen LogP contribution in [0.25, 0.3) is 0 Å². The van der Waals surface area contributed by atoms with Crippen LogP contribution < -0.4 is 0 Å². The summed E-state index contributed by atoms with van der Waals surface area (Å²) in [5, 5.41) is 9.64. The Morgan fingerprint density at radius 1 is 1.00 bits per heavy atom. The summed E-state index contributed by atoms with van der Waals surface area (Å²) in [7, 11) is 0. The highest BCUT2D eigenvalue weighted by molar-refractivity contribution is 5.87. The van der Waals surface area contributed by atoms with E-state index >= 15 is 0 Å². The van der Waals surface area contributed by atoms with E-state index in [4.69, 9.17) is 14.2 Å². The molecule has 0 spiro atoms. The summed E-state index contributed by atoms with van der Waals surface area (Å²) < 4.78 is 34.1. The zero-order chi connectivity index (χ0) is 18.7. The van der Waals surface area contributed by atoms with E-state index in [1.807, 2.05) is 0 Å². The summed E-state index contributed by atoms with van der Waals surface area (Å²) in [4.78, 5) is 45.7. The predicted molar refractivity (Wildman–Crippen MR) is 73.1 cm³/mol. The number of ketones is 1. The molecule has 10 heteroatoms. The quantitative estimate of drug-likeness (QED) is 0.512. The molecular weight excluding hydrogens is 331 g/mol. The topological polar surface area (TPSA) is 125 Å². The molecule has 1 N–H and O–H groups in total. The Morgan fingerprint density at radius 2 is 1.50 bits per heavy atom. The summed E-state index contributed by atoms with van der Waals surface area (Å²) in [6.45, 7) is 2.91. The number of Topliss-reactive ketones (excluding diaryl/α,β-unsaturated/α-hetero) is 1. The number of rotatable bonds is 5. The van der Waals surface area contributed by atoms with E-state index in [1.54, 1.807) is 0 Å². The Bertz CT molecular complexity index is 534. The van der Waals surface area contributed by atoms with Crippen molar-refractivity contribution in [2.45, 2.75) is 58.0 Å². The number of carbonyl (C=O) groups is 4. The van der Waals surface area contributed by atoms with Crippen molar-refractivity contribution in [1.82, 2.24) is 0 Å². The molecule has 24 heavy (non-hydrogen) atoms. The third kappa shape index (κ3) is 4.06. The van der Waals surface area contributed by atoms with Gasteiger partial charge in [0, 0.05) is 20.8 Å². The van der Waals surface area contributed by atoms with Crippen LogP contribution >= 0.6 is 0 Å². The van der Waals surface area contributed by atoms with Crippen molar-refractivity contribution < 1.29 is 47.6 Å². The van der Waals surface area contributed by atoms with Gasteiger partial charge in [0.15, 0.2) is 23.6 Å². The van der Waals surface area contributed by atoms with Crippen molar-refractivity contribution in [3.8, 4) is 0 Å². The van der Waals surface area contributed by atoms with Gasteiger partial charge in [-0.25, -0.2) is 4.39 Å². The molecule has 0 unspecified atom stereocenters. The summed E-state index contributed by atoms with van der Waals surface area (Å²) >= 11 is 0. The second-order valence-electron chi connectivity index (χ2n) is 5.25. The minimum absolute atomic E-state index is 0.836. The molecule has 0 bridgehead atoms. The molecule has 0 aliphatic carbocycles. The fourth-order valence-electron chi connectivity index (χ4n) is 2.36. The molecule has 1 rings (SSSR count). The molecule has 1 aliphatic heterocycles. The molecule has 5 atom stereocenters. The fraction of sp³-hybridized carbons (Fsp3) is 0.714. The van der Waals surface area contributed by atoms with Gasteiger partial charge in [0.05, 0.1) is 6.61 Å². The Labute approximate surface area is 137 Å². The van der Waals surface area contributed by atoms with Gasteiger partial charge in [-0.1, -0.05) is 0 Å². The average molecular weight is 350 g/mol. The van der Waals surface area contributed by atoms with Crippen LogP contribution in [-0.4, -0.2) is 65.7 Å². The third-order valence-electron chi connectivity index (χ3n) is 3.37. The molecule has 1 aliphatic rings. The molecule has 1 heterocycles. The number of carbonyl (C=O) groups excluding carboxylic acids is 4. The van der Waals surface area contributed by atoms with Crippen LogP contribution in [0.3, 0.4) is 0 Å². The summed E-state index contributed by atoms with van der Waals surface area (Å²) in [6, 6.07) is 0. The first-order valence-electron chi connectivity index (χ1n) is 7.00. The maximum Gasteiger partial charge on any atom is 0.305 e. The molecule has 0 aromatic rings. The van der Waals surface area contributed by atoms with Gasteiger partial charge in [0.2, 0.25) is 12.5 Å².